The Balaban J connectivity index is 2.37. The van der Waals surface area contributed by atoms with Gasteiger partial charge in [-0.2, -0.15) is 4.31 Å². The van der Waals surface area contributed by atoms with Gasteiger partial charge in [-0.25, -0.2) is 16.8 Å². The number of sulfone groups is 1. The lowest BCUT2D eigenvalue weighted by Gasteiger charge is -2.28. The molecule has 0 saturated carbocycles. The molecule has 21 heavy (non-hydrogen) atoms. The number of benzene rings is 1. The maximum Gasteiger partial charge on any atom is 0.243 e. The Morgan fingerprint density at radius 2 is 1.86 bits per heavy atom. The number of rotatable bonds is 5. The maximum atomic E-state index is 12.8. The van der Waals surface area contributed by atoms with Crippen molar-refractivity contribution in [2.75, 3.05) is 18.1 Å². The number of nitrogens with zero attached hydrogens (tertiary/aromatic N) is 1. The zero-order valence-corrected chi connectivity index (χ0v) is 13.9. The van der Waals surface area contributed by atoms with Gasteiger partial charge in [-0.15, -0.1) is 0 Å². The third-order valence-corrected chi connectivity index (χ3v) is 7.19. The highest BCUT2D eigenvalue weighted by Gasteiger charge is 2.38. The summed E-state index contributed by atoms with van der Waals surface area (Å²) >= 11 is 0. The van der Waals surface area contributed by atoms with Crippen LogP contribution < -0.4 is 0 Å². The van der Waals surface area contributed by atoms with Crippen LogP contribution in [0.3, 0.4) is 0 Å². The molecule has 1 aromatic carbocycles. The van der Waals surface area contributed by atoms with Crippen molar-refractivity contribution in [3.63, 3.8) is 0 Å². The van der Waals surface area contributed by atoms with Crippen LogP contribution in [-0.2, 0) is 19.9 Å². The topological polar surface area (TPSA) is 71.5 Å². The zero-order valence-electron chi connectivity index (χ0n) is 12.3. The van der Waals surface area contributed by atoms with Crippen molar-refractivity contribution in [1.82, 2.24) is 4.31 Å². The van der Waals surface area contributed by atoms with E-state index < -0.39 is 25.9 Å². The Kier molecular flexibility index (Phi) is 4.75. The van der Waals surface area contributed by atoms with E-state index in [1.54, 1.807) is 30.3 Å². The van der Waals surface area contributed by atoms with Gasteiger partial charge in [0.1, 0.15) is 0 Å². The van der Waals surface area contributed by atoms with Crippen LogP contribution in [0.4, 0.5) is 0 Å². The van der Waals surface area contributed by atoms with Crippen LogP contribution in [-0.4, -0.2) is 45.2 Å². The van der Waals surface area contributed by atoms with Crippen molar-refractivity contribution < 1.29 is 16.8 Å². The summed E-state index contributed by atoms with van der Waals surface area (Å²) in [5.41, 5.74) is 0. The lowest BCUT2D eigenvalue weighted by Crippen LogP contribution is -2.43. The Bertz CT molecular complexity index is 681. The molecule has 5 nitrogen and oxygen atoms in total. The standard InChI is InChI=1S/C14H21NO4S2/c1-12(2)10-15(13-8-9-20(16,17)11-13)21(18,19)14-6-4-3-5-7-14/h3-7,12-13H,8-11H2,1-2H3. The highest BCUT2D eigenvalue weighted by Crippen LogP contribution is 2.25. The first-order valence-corrected chi connectivity index (χ1v) is 10.3. The van der Waals surface area contributed by atoms with E-state index in [-0.39, 0.29) is 22.3 Å². The second kappa shape index (κ2) is 6.06. The predicted molar refractivity (Wildman–Crippen MR) is 82.2 cm³/mol. The van der Waals surface area contributed by atoms with E-state index in [0.29, 0.717) is 13.0 Å². The van der Waals surface area contributed by atoms with Gasteiger partial charge in [0.2, 0.25) is 10.0 Å². The second-order valence-electron chi connectivity index (χ2n) is 5.84. The van der Waals surface area contributed by atoms with E-state index in [4.69, 9.17) is 0 Å². The monoisotopic (exact) mass is 331 g/mol. The molecule has 1 unspecified atom stereocenters. The summed E-state index contributed by atoms with van der Waals surface area (Å²) < 4.78 is 50.3. The summed E-state index contributed by atoms with van der Waals surface area (Å²) in [6, 6.07) is 7.74. The van der Waals surface area contributed by atoms with Crippen LogP contribution in [0.2, 0.25) is 0 Å². The molecular weight excluding hydrogens is 310 g/mol. The summed E-state index contributed by atoms with van der Waals surface area (Å²) in [6.45, 7) is 4.19. The van der Waals surface area contributed by atoms with Gasteiger partial charge in [0.25, 0.3) is 0 Å². The molecule has 1 saturated heterocycles. The van der Waals surface area contributed by atoms with Gasteiger partial charge in [0.15, 0.2) is 9.84 Å². The minimum atomic E-state index is -3.66. The highest BCUT2D eigenvalue weighted by molar-refractivity contribution is 7.92. The molecule has 1 aliphatic rings. The van der Waals surface area contributed by atoms with E-state index in [2.05, 4.69) is 0 Å². The summed E-state index contributed by atoms with van der Waals surface area (Å²) in [5.74, 6) is 0.120. The third-order valence-electron chi connectivity index (χ3n) is 3.51. The Morgan fingerprint density at radius 1 is 1.24 bits per heavy atom. The van der Waals surface area contributed by atoms with Crippen LogP contribution in [0.15, 0.2) is 35.2 Å². The van der Waals surface area contributed by atoms with Crippen LogP contribution in [0.5, 0.6) is 0 Å². The van der Waals surface area contributed by atoms with E-state index in [1.807, 2.05) is 13.8 Å². The molecule has 0 amide bonds. The largest absolute Gasteiger partial charge is 0.243 e. The van der Waals surface area contributed by atoms with Gasteiger partial charge < -0.3 is 0 Å². The van der Waals surface area contributed by atoms with Gasteiger partial charge in [-0.1, -0.05) is 32.0 Å². The molecule has 2 rings (SSSR count). The Labute approximate surface area is 126 Å². The quantitative estimate of drug-likeness (QED) is 0.820. The fourth-order valence-corrected chi connectivity index (χ4v) is 6.20. The minimum absolute atomic E-state index is 0.0660. The van der Waals surface area contributed by atoms with Crippen molar-refractivity contribution >= 4 is 19.9 Å². The summed E-state index contributed by atoms with van der Waals surface area (Å²) in [6.07, 6.45) is 0.376. The molecule has 0 radical (unpaired) electrons. The molecule has 1 aliphatic heterocycles. The van der Waals surface area contributed by atoms with Crippen LogP contribution in [0, 0.1) is 5.92 Å². The first-order chi connectivity index (χ1) is 9.72. The number of hydrogen-bond donors (Lipinski definition) is 0. The van der Waals surface area contributed by atoms with Crippen molar-refractivity contribution in [3.05, 3.63) is 30.3 Å². The van der Waals surface area contributed by atoms with Gasteiger partial charge in [0.05, 0.1) is 16.4 Å². The molecule has 0 spiro atoms. The van der Waals surface area contributed by atoms with Gasteiger partial charge in [0, 0.05) is 12.6 Å². The van der Waals surface area contributed by atoms with Gasteiger partial charge >= 0.3 is 0 Å². The Hall–Kier alpha value is -0.920. The lowest BCUT2D eigenvalue weighted by molar-refractivity contribution is 0.308. The second-order valence-corrected chi connectivity index (χ2v) is 9.96. The molecular formula is C14H21NO4S2. The fraction of sp³-hybridized carbons (Fsp3) is 0.571. The molecule has 1 heterocycles. The molecule has 1 aromatic rings. The number of hydrogen-bond acceptors (Lipinski definition) is 4. The van der Waals surface area contributed by atoms with Crippen molar-refractivity contribution in [2.24, 2.45) is 5.92 Å². The molecule has 118 valence electrons. The summed E-state index contributed by atoms with van der Waals surface area (Å²) in [7, 11) is -6.79. The van der Waals surface area contributed by atoms with Crippen LogP contribution in [0.25, 0.3) is 0 Å². The van der Waals surface area contributed by atoms with E-state index in [1.165, 1.54) is 4.31 Å². The molecule has 0 aliphatic carbocycles. The minimum Gasteiger partial charge on any atom is -0.229 e. The summed E-state index contributed by atoms with van der Waals surface area (Å²) in [5, 5.41) is 0. The average Bonchev–Trinajstić information content (AvgIpc) is 2.76. The predicted octanol–water partition coefficient (Wildman–Crippen LogP) is 1.52. The molecule has 1 atom stereocenters. The first kappa shape index (κ1) is 16.5. The highest BCUT2D eigenvalue weighted by atomic mass is 32.2. The molecule has 0 N–H and O–H groups in total. The molecule has 1 fully saturated rings. The smallest absolute Gasteiger partial charge is 0.229 e. The van der Waals surface area contributed by atoms with Crippen molar-refractivity contribution in [3.8, 4) is 0 Å². The van der Waals surface area contributed by atoms with Gasteiger partial charge in [-0.05, 0) is 24.5 Å². The van der Waals surface area contributed by atoms with Crippen molar-refractivity contribution in [1.29, 1.82) is 0 Å². The molecule has 0 bridgehead atoms. The van der Waals surface area contributed by atoms with E-state index in [0.717, 1.165) is 0 Å². The van der Waals surface area contributed by atoms with Crippen molar-refractivity contribution in [2.45, 2.75) is 31.2 Å². The Morgan fingerprint density at radius 3 is 2.33 bits per heavy atom. The lowest BCUT2D eigenvalue weighted by atomic mass is 10.2. The maximum absolute atomic E-state index is 12.8. The average molecular weight is 331 g/mol. The van der Waals surface area contributed by atoms with Crippen LogP contribution >= 0.6 is 0 Å². The fourth-order valence-electron chi connectivity index (χ4n) is 2.53. The SMILES string of the molecule is CC(C)CN(C1CCS(=O)(=O)C1)S(=O)(=O)c1ccccc1. The first-order valence-electron chi connectivity index (χ1n) is 7.00. The number of sulfonamides is 1. The summed E-state index contributed by atoms with van der Waals surface area (Å²) in [4.78, 5) is 0.218. The normalized spacial score (nSPS) is 22.0. The zero-order chi connectivity index (χ0) is 15.7. The van der Waals surface area contributed by atoms with E-state index >= 15 is 0 Å². The van der Waals surface area contributed by atoms with Crippen LogP contribution in [0.1, 0.15) is 20.3 Å². The third kappa shape index (κ3) is 3.84. The van der Waals surface area contributed by atoms with Gasteiger partial charge in [-0.3, -0.25) is 0 Å². The van der Waals surface area contributed by atoms with E-state index in [9.17, 15) is 16.8 Å². The molecule has 7 heteroatoms. The molecule has 0 aromatic heterocycles.